The maximum Gasteiger partial charge on any atom is 0.243 e. The number of carbonyl (C=O) groups excluding carboxylic acids is 1. The second-order valence-electron chi connectivity index (χ2n) is 8.19. The maximum absolute atomic E-state index is 13.0. The van der Waals surface area contributed by atoms with Gasteiger partial charge in [-0.1, -0.05) is 35.9 Å². The summed E-state index contributed by atoms with van der Waals surface area (Å²) in [5, 5.41) is 3.12. The Morgan fingerprint density at radius 3 is 2.66 bits per heavy atom. The average Bonchev–Trinajstić information content (AvgIpc) is 3.23. The number of anilines is 1. The summed E-state index contributed by atoms with van der Waals surface area (Å²) in [7, 11) is -3.68. The minimum Gasteiger partial charge on any atom is -0.379 e. The fourth-order valence-corrected chi connectivity index (χ4v) is 6.00. The fraction of sp³-hybridized carbons (Fsp3) is 0.435. The Morgan fingerprint density at radius 1 is 1.16 bits per heavy atom. The lowest BCUT2D eigenvalue weighted by Gasteiger charge is -2.26. The first-order valence-electron chi connectivity index (χ1n) is 10.8. The van der Waals surface area contributed by atoms with Crippen LogP contribution in [0, 0.1) is 6.92 Å². The number of hydrogen-bond acceptors (Lipinski definition) is 5. The molecule has 0 spiro atoms. The quantitative estimate of drug-likeness (QED) is 0.689. The molecule has 7 nitrogen and oxygen atoms in total. The molecule has 2 aliphatic heterocycles. The standard InChI is InChI=1S/C23H28ClN3O4S/c1-17-5-2-3-6-19(17)22-7-4-10-26(22)16-23(28)25-21-15-18(8-9-20(21)24)32(29,30)27-11-13-31-14-12-27/h2-3,5-6,8-9,15,22H,4,7,10-14,16H2,1H3,(H,25,28). The van der Waals surface area contributed by atoms with Crippen LogP contribution in [0.4, 0.5) is 5.69 Å². The number of hydrogen-bond donors (Lipinski definition) is 1. The van der Waals surface area contributed by atoms with Gasteiger partial charge in [-0.15, -0.1) is 0 Å². The molecule has 172 valence electrons. The number of aryl methyl sites for hydroxylation is 1. The molecule has 2 aromatic rings. The number of sulfonamides is 1. The van der Waals surface area contributed by atoms with Crippen LogP contribution < -0.4 is 5.32 Å². The summed E-state index contributed by atoms with van der Waals surface area (Å²) in [6, 6.07) is 12.9. The number of halogens is 1. The Bertz CT molecular complexity index is 1090. The zero-order valence-electron chi connectivity index (χ0n) is 18.1. The fourth-order valence-electron chi connectivity index (χ4n) is 4.40. The van der Waals surface area contributed by atoms with Crippen molar-refractivity contribution in [2.24, 2.45) is 0 Å². The van der Waals surface area contributed by atoms with Crippen molar-refractivity contribution in [2.75, 3.05) is 44.7 Å². The molecule has 0 radical (unpaired) electrons. The first-order valence-corrected chi connectivity index (χ1v) is 12.6. The van der Waals surface area contributed by atoms with Crippen molar-refractivity contribution in [2.45, 2.75) is 30.7 Å². The molecule has 0 bridgehead atoms. The van der Waals surface area contributed by atoms with Crippen molar-refractivity contribution in [3.63, 3.8) is 0 Å². The van der Waals surface area contributed by atoms with Crippen molar-refractivity contribution in [1.82, 2.24) is 9.21 Å². The van der Waals surface area contributed by atoms with Gasteiger partial charge in [0, 0.05) is 19.1 Å². The number of nitrogens with zero attached hydrogens (tertiary/aromatic N) is 2. The Morgan fingerprint density at radius 2 is 1.91 bits per heavy atom. The van der Waals surface area contributed by atoms with Gasteiger partial charge in [0.1, 0.15) is 0 Å². The summed E-state index contributed by atoms with van der Waals surface area (Å²) >= 11 is 6.28. The van der Waals surface area contributed by atoms with E-state index < -0.39 is 10.0 Å². The summed E-state index contributed by atoms with van der Waals surface area (Å²) in [6.45, 7) is 4.50. The van der Waals surface area contributed by atoms with Gasteiger partial charge in [-0.05, 0) is 55.6 Å². The molecule has 2 heterocycles. The smallest absolute Gasteiger partial charge is 0.243 e. The molecule has 1 atom stereocenters. The number of likely N-dealkylation sites (tertiary alicyclic amines) is 1. The van der Waals surface area contributed by atoms with E-state index in [1.807, 2.05) is 12.1 Å². The Balaban J connectivity index is 1.47. The van der Waals surface area contributed by atoms with Crippen molar-refractivity contribution < 1.29 is 17.9 Å². The van der Waals surface area contributed by atoms with Gasteiger partial charge in [0.15, 0.2) is 0 Å². The second kappa shape index (κ2) is 9.89. The molecule has 4 rings (SSSR count). The molecule has 2 saturated heterocycles. The highest BCUT2D eigenvalue weighted by Crippen LogP contribution is 2.33. The van der Waals surface area contributed by atoms with Gasteiger partial charge in [0.25, 0.3) is 0 Å². The van der Waals surface area contributed by atoms with Gasteiger partial charge in [-0.25, -0.2) is 8.42 Å². The van der Waals surface area contributed by atoms with E-state index in [-0.39, 0.29) is 23.4 Å². The summed E-state index contributed by atoms with van der Waals surface area (Å²) in [4.78, 5) is 15.1. The largest absolute Gasteiger partial charge is 0.379 e. The van der Waals surface area contributed by atoms with Crippen LogP contribution in [0.2, 0.25) is 5.02 Å². The average molecular weight is 478 g/mol. The lowest BCUT2D eigenvalue weighted by Crippen LogP contribution is -2.40. The van der Waals surface area contributed by atoms with Gasteiger partial charge < -0.3 is 10.1 Å². The van der Waals surface area contributed by atoms with Crippen molar-refractivity contribution in [3.05, 3.63) is 58.6 Å². The molecule has 0 aromatic heterocycles. The van der Waals surface area contributed by atoms with E-state index in [9.17, 15) is 13.2 Å². The van der Waals surface area contributed by atoms with Crippen LogP contribution in [0.3, 0.4) is 0 Å². The number of morpholine rings is 1. The van der Waals surface area contributed by atoms with Crippen LogP contribution in [0.25, 0.3) is 0 Å². The lowest BCUT2D eigenvalue weighted by atomic mass is 9.99. The van der Waals surface area contributed by atoms with Gasteiger partial charge in [-0.3, -0.25) is 9.69 Å². The van der Waals surface area contributed by atoms with Gasteiger partial charge >= 0.3 is 0 Å². The highest BCUT2D eigenvalue weighted by molar-refractivity contribution is 7.89. The highest BCUT2D eigenvalue weighted by atomic mass is 35.5. The Hall–Kier alpha value is -1.97. The van der Waals surface area contributed by atoms with Gasteiger partial charge in [0.05, 0.1) is 35.4 Å². The zero-order chi connectivity index (χ0) is 22.7. The van der Waals surface area contributed by atoms with E-state index >= 15 is 0 Å². The number of carbonyl (C=O) groups is 1. The summed E-state index contributed by atoms with van der Waals surface area (Å²) in [5.74, 6) is -0.215. The molecular formula is C23H28ClN3O4S. The number of benzene rings is 2. The monoisotopic (exact) mass is 477 g/mol. The Labute approximate surface area is 194 Å². The van der Waals surface area contributed by atoms with E-state index in [1.165, 1.54) is 33.6 Å². The summed E-state index contributed by atoms with van der Waals surface area (Å²) in [5.41, 5.74) is 2.76. The van der Waals surface area contributed by atoms with Crippen LogP contribution in [-0.2, 0) is 19.6 Å². The molecule has 0 aliphatic carbocycles. The Kier molecular flexibility index (Phi) is 7.17. The van der Waals surface area contributed by atoms with Crippen molar-refractivity contribution >= 4 is 33.2 Å². The van der Waals surface area contributed by atoms with Gasteiger partial charge in [-0.2, -0.15) is 4.31 Å². The van der Waals surface area contributed by atoms with Crippen molar-refractivity contribution in [3.8, 4) is 0 Å². The van der Waals surface area contributed by atoms with E-state index in [0.29, 0.717) is 37.0 Å². The lowest BCUT2D eigenvalue weighted by molar-refractivity contribution is -0.117. The molecular weight excluding hydrogens is 450 g/mol. The molecule has 1 amide bonds. The van der Waals surface area contributed by atoms with E-state index in [1.54, 1.807) is 0 Å². The van der Waals surface area contributed by atoms with E-state index in [4.69, 9.17) is 16.3 Å². The van der Waals surface area contributed by atoms with Crippen LogP contribution >= 0.6 is 11.6 Å². The van der Waals surface area contributed by atoms with E-state index in [0.717, 1.165) is 19.4 Å². The van der Waals surface area contributed by atoms with Crippen molar-refractivity contribution in [1.29, 1.82) is 0 Å². The summed E-state index contributed by atoms with van der Waals surface area (Å²) in [6.07, 6.45) is 2.03. The van der Waals surface area contributed by atoms with E-state index in [2.05, 4.69) is 29.3 Å². The zero-order valence-corrected chi connectivity index (χ0v) is 19.7. The predicted octanol–water partition coefficient (Wildman–Crippen LogP) is 3.44. The SMILES string of the molecule is Cc1ccccc1C1CCCN1CC(=O)Nc1cc(S(=O)(=O)N2CCOCC2)ccc1Cl. The molecule has 2 aromatic carbocycles. The van der Waals surface area contributed by atoms with Crippen LogP contribution in [0.5, 0.6) is 0 Å². The second-order valence-corrected chi connectivity index (χ2v) is 10.5. The minimum absolute atomic E-state index is 0.109. The number of ether oxygens (including phenoxy) is 1. The topological polar surface area (TPSA) is 79.0 Å². The highest BCUT2D eigenvalue weighted by Gasteiger charge is 2.29. The van der Waals surface area contributed by atoms with Crippen LogP contribution in [0.15, 0.2) is 47.4 Å². The third kappa shape index (κ3) is 5.00. The molecule has 1 N–H and O–H groups in total. The molecule has 2 aliphatic rings. The number of rotatable bonds is 6. The van der Waals surface area contributed by atoms with Crippen LogP contribution in [-0.4, -0.2) is 62.9 Å². The minimum atomic E-state index is -3.68. The normalized spacial score (nSPS) is 20.4. The third-order valence-electron chi connectivity index (χ3n) is 6.08. The predicted molar refractivity (Wildman–Crippen MR) is 124 cm³/mol. The van der Waals surface area contributed by atoms with Crippen LogP contribution in [0.1, 0.15) is 30.0 Å². The number of amides is 1. The number of nitrogens with one attached hydrogen (secondary N) is 1. The molecule has 0 saturated carbocycles. The maximum atomic E-state index is 13.0. The van der Waals surface area contributed by atoms with Gasteiger partial charge in [0.2, 0.25) is 15.9 Å². The molecule has 1 unspecified atom stereocenters. The first kappa shape index (κ1) is 23.2. The molecule has 2 fully saturated rings. The molecule has 32 heavy (non-hydrogen) atoms. The third-order valence-corrected chi connectivity index (χ3v) is 8.30. The molecule has 9 heteroatoms. The first-order chi connectivity index (χ1) is 15.4. The summed E-state index contributed by atoms with van der Waals surface area (Å²) < 4.78 is 32.5.